The highest BCUT2D eigenvalue weighted by Gasteiger charge is 2.21. The molecular formula is C20H23NO3. The van der Waals surface area contributed by atoms with Crippen LogP contribution >= 0.6 is 0 Å². The molecule has 4 heteroatoms. The van der Waals surface area contributed by atoms with Gasteiger partial charge in [-0.3, -0.25) is 4.79 Å². The lowest BCUT2D eigenvalue weighted by Crippen LogP contribution is -2.42. The molecule has 0 aliphatic heterocycles. The number of aliphatic carboxylic acids is 1. The molecule has 1 amide bonds. The maximum absolute atomic E-state index is 12.2. The molecule has 0 unspecified atom stereocenters. The molecule has 24 heavy (non-hydrogen) atoms. The van der Waals surface area contributed by atoms with Gasteiger partial charge in [0.25, 0.3) is 5.91 Å². The summed E-state index contributed by atoms with van der Waals surface area (Å²) in [5, 5.41) is 12.0. The second kappa shape index (κ2) is 7.30. The summed E-state index contributed by atoms with van der Waals surface area (Å²) in [5.74, 6) is -1.42. The van der Waals surface area contributed by atoms with Crippen LogP contribution < -0.4 is 5.32 Å². The van der Waals surface area contributed by atoms with Crippen molar-refractivity contribution in [2.45, 2.75) is 38.6 Å². The molecule has 0 aliphatic carbocycles. The fourth-order valence-corrected chi connectivity index (χ4v) is 2.41. The van der Waals surface area contributed by atoms with Crippen LogP contribution in [0.2, 0.25) is 0 Å². The number of nitrogens with one attached hydrogen (secondary N) is 1. The zero-order valence-corrected chi connectivity index (χ0v) is 14.2. The number of carboxylic acid groups (broad SMARTS) is 1. The van der Waals surface area contributed by atoms with Crippen molar-refractivity contribution in [3.63, 3.8) is 0 Å². The summed E-state index contributed by atoms with van der Waals surface area (Å²) >= 11 is 0. The maximum Gasteiger partial charge on any atom is 0.326 e. The van der Waals surface area contributed by atoms with Crippen LogP contribution in [-0.4, -0.2) is 23.0 Å². The molecule has 4 nitrogen and oxygen atoms in total. The number of hydrogen-bond acceptors (Lipinski definition) is 2. The summed E-state index contributed by atoms with van der Waals surface area (Å²) in [7, 11) is 0. The summed E-state index contributed by atoms with van der Waals surface area (Å²) in [4.78, 5) is 23.6. The van der Waals surface area contributed by atoms with Gasteiger partial charge in [0.2, 0.25) is 0 Å². The first kappa shape index (κ1) is 17.7. The van der Waals surface area contributed by atoms with E-state index >= 15 is 0 Å². The van der Waals surface area contributed by atoms with Crippen molar-refractivity contribution in [2.24, 2.45) is 0 Å². The summed E-state index contributed by atoms with van der Waals surface area (Å²) in [6, 6.07) is 15.5. The van der Waals surface area contributed by atoms with Crippen molar-refractivity contribution in [1.29, 1.82) is 0 Å². The molecule has 126 valence electrons. The lowest BCUT2D eigenvalue weighted by molar-refractivity contribution is -0.139. The fourth-order valence-electron chi connectivity index (χ4n) is 2.41. The Bertz CT molecular complexity index is 700. The van der Waals surface area contributed by atoms with Crippen LogP contribution in [0.4, 0.5) is 0 Å². The minimum absolute atomic E-state index is 0.0479. The smallest absolute Gasteiger partial charge is 0.326 e. The summed E-state index contributed by atoms with van der Waals surface area (Å²) in [6.07, 6.45) is 0.248. The van der Waals surface area contributed by atoms with Crippen molar-refractivity contribution in [3.05, 3.63) is 71.3 Å². The van der Waals surface area contributed by atoms with E-state index in [2.05, 4.69) is 26.1 Å². The van der Waals surface area contributed by atoms with Crippen molar-refractivity contribution >= 4 is 11.9 Å². The molecule has 1 atom stereocenters. The van der Waals surface area contributed by atoms with E-state index in [4.69, 9.17) is 0 Å². The number of hydrogen-bond donors (Lipinski definition) is 2. The molecule has 0 bridgehead atoms. The number of benzene rings is 2. The van der Waals surface area contributed by atoms with Gasteiger partial charge in [0.15, 0.2) is 0 Å². The van der Waals surface area contributed by atoms with E-state index in [0.717, 1.165) is 5.56 Å². The minimum Gasteiger partial charge on any atom is -0.480 e. The highest BCUT2D eigenvalue weighted by atomic mass is 16.4. The number of carbonyl (C=O) groups is 2. The Balaban J connectivity index is 2.09. The first-order valence-corrected chi connectivity index (χ1v) is 7.95. The average molecular weight is 325 g/mol. The number of carbonyl (C=O) groups excluding carboxylic acids is 1. The van der Waals surface area contributed by atoms with Gasteiger partial charge in [-0.2, -0.15) is 0 Å². The summed E-state index contributed by atoms with van der Waals surface area (Å²) < 4.78 is 0. The van der Waals surface area contributed by atoms with Crippen molar-refractivity contribution in [2.75, 3.05) is 0 Å². The molecule has 0 fully saturated rings. The monoisotopic (exact) mass is 325 g/mol. The quantitative estimate of drug-likeness (QED) is 0.885. The standard InChI is InChI=1S/C20H23NO3/c1-20(2,3)16-11-9-14(10-12-16)13-17(19(23)24)21-18(22)15-7-5-4-6-8-15/h4-12,17H,13H2,1-3H3,(H,21,22)(H,23,24)/t17-/m1/s1. The lowest BCUT2D eigenvalue weighted by Gasteiger charge is -2.20. The van der Waals surface area contributed by atoms with Gasteiger partial charge in [-0.25, -0.2) is 4.79 Å². The summed E-state index contributed by atoms with van der Waals surface area (Å²) in [5.41, 5.74) is 2.56. The third kappa shape index (κ3) is 4.69. The number of rotatable bonds is 5. The highest BCUT2D eigenvalue weighted by Crippen LogP contribution is 2.22. The zero-order valence-electron chi connectivity index (χ0n) is 14.2. The lowest BCUT2D eigenvalue weighted by atomic mass is 9.86. The van der Waals surface area contributed by atoms with Crippen LogP contribution in [0.15, 0.2) is 54.6 Å². The van der Waals surface area contributed by atoms with Gasteiger partial charge >= 0.3 is 5.97 Å². The van der Waals surface area contributed by atoms with Crippen LogP contribution in [-0.2, 0) is 16.6 Å². The van der Waals surface area contributed by atoms with Crippen LogP contribution in [0, 0.1) is 0 Å². The van der Waals surface area contributed by atoms with Gasteiger partial charge in [0.1, 0.15) is 6.04 Å². The molecule has 0 spiro atoms. The Hall–Kier alpha value is -2.62. The highest BCUT2D eigenvalue weighted by molar-refractivity contribution is 5.96. The molecule has 0 aliphatic rings. The van der Waals surface area contributed by atoms with Gasteiger partial charge < -0.3 is 10.4 Å². The minimum atomic E-state index is -1.04. The van der Waals surface area contributed by atoms with Crippen molar-refractivity contribution in [3.8, 4) is 0 Å². The second-order valence-electron chi connectivity index (χ2n) is 6.88. The van der Waals surface area contributed by atoms with E-state index in [0.29, 0.717) is 5.56 Å². The Morgan fingerprint density at radius 3 is 2.08 bits per heavy atom. The molecular weight excluding hydrogens is 302 g/mol. The molecule has 2 aromatic rings. The molecule has 2 rings (SSSR count). The fraction of sp³-hybridized carbons (Fsp3) is 0.300. The predicted molar refractivity (Wildman–Crippen MR) is 94.2 cm³/mol. The maximum atomic E-state index is 12.2. The van der Waals surface area contributed by atoms with E-state index in [9.17, 15) is 14.7 Å². The van der Waals surface area contributed by atoms with E-state index in [1.807, 2.05) is 30.3 Å². The largest absolute Gasteiger partial charge is 0.480 e. The number of amides is 1. The van der Waals surface area contributed by atoms with E-state index < -0.39 is 12.0 Å². The average Bonchev–Trinajstić information content (AvgIpc) is 2.54. The molecule has 0 heterocycles. The van der Waals surface area contributed by atoms with E-state index in [1.54, 1.807) is 24.3 Å². The molecule has 0 saturated carbocycles. The first-order valence-electron chi connectivity index (χ1n) is 7.95. The first-order chi connectivity index (χ1) is 11.3. The van der Waals surface area contributed by atoms with E-state index in [1.165, 1.54) is 5.56 Å². The Labute approximate surface area is 142 Å². The second-order valence-corrected chi connectivity index (χ2v) is 6.88. The normalized spacial score (nSPS) is 12.5. The molecule has 0 aromatic heterocycles. The van der Waals surface area contributed by atoms with Crippen molar-refractivity contribution < 1.29 is 14.7 Å². The number of carboxylic acids is 1. The van der Waals surface area contributed by atoms with Crippen LogP contribution in [0.25, 0.3) is 0 Å². The van der Waals surface area contributed by atoms with Crippen LogP contribution in [0.5, 0.6) is 0 Å². The Morgan fingerprint density at radius 2 is 1.58 bits per heavy atom. The Kier molecular flexibility index (Phi) is 5.39. The zero-order chi connectivity index (χ0) is 17.7. The van der Waals surface area contributed by atoms with Gasteiger partial charge in [-0.05, 0) is 28.7 Å². The van der Waals surface area contributed by atoms with Crippen LogP contribution in [0.1, 0.15) is 42.3 Å². The molecule has 2 N–H and O–H groups in total. The molecule has 0 saturated heterocycles. The van der Waals surface area contributed by atoms with Crippen LogP contribution in [0.3, 0.4) is 0 Å². The van der Waals surface area contributed by atoms with Gasteiger partial charge in [0.05, 0.1) is 0 Å². The van der Waals surface area contributed by atoms with Gasteiger partial charge in [-0.15, -0.1) is 0 Å². The SMILES string of the molecule is CC(C)(C)c1ccc(C[C@@H](NC(=O)c2ccccc2)C(=O)O)cc1. The van der Waals surface area contributed by atoms with Gasteiger partial charge in [-0.1, -0.05) is 63.2 Å². The topological polar surface area (TPSA) is 66.4 Å². The van der Waals surface area contributed by atoms with Crippen molar-refractivity contribution in [1.82, 2.24) is 5.32 Å². The van der Waals surface area contributed by atoms with E-state index in [-0.39, 0.29) is 17.7 Å². The molecule has 0 radical (unpaired) electrons. The van der Waals surface area contributed by atoms with Gasteiger partial charge in [0, 0.05) is 12.0 Å². The molecule has 2 aromatic carbocycles. The summed E-state index contributed by atoms with van der Waals surface area (Å²) in [6.45, 7) is 6.38. The predicted octanol–water partition coefficient (Wildman–Crippen LogP) is 3.41. The Morgan fingerprint density at radius 1 is 1.00 bits per heavy atom. The third-order valence-corrected chi connectivity index (χ3v) is 3.90. The third-order valence-electron chi connectivity index (χ3n) is 3.90.